The monoisotopic (exact) mass is 206 g/mol. The second-order valence-electron chi connectivity index (χ2n) is 4.32. The number of nitrogens with zero attached hydrogens (tertiary/aromatic N) is 1. The molecule has 1 aromatic heterocycles. The second-order valence-corrected chi connectivity index (χ2v) is 4.32. The molecular formula is C13H22N2. The maximum absolute atomic E-state index is 4.18. The molecule has 2 heteroatoms. The summed E-state index contributed by atoms with van der Waals surface area (Å²) in [5, 5.41) is 3.60. The summed E-state index contributed by atoms with van der Waals surface area (Å²) >= 11 is 0. The first kappa shape index (κ1) is 12.2. The fourth-order valence-electron chi connectivity index (χ4n) is 1.73. The minimum absolute atomic E-state index is 0.435. The number of rotatable bonds is 6. The summed E-state index contributed by atoms with van der Waals surface area (Å²) in [6.07, 6.45) is 6.27. The minimum atomic E-state index is 0.435. The molecule has 0 fully saturated rings. The molecule has 0 aliphatic rings. The first-order valence-electron chi connectivity index (χ1n) is 5.89. The Morgan fingerprint density at radius 1 is 1.40 bits per heavy atom. The second kappa shape index (κ2) is 6.57. The van der Waals surface area contributed by atoms with Crippen molar-refractivity contribution in [3.63, 3.8) is 0 Å². The molecule has 0 saturated carbocycles. The van der Waals surface area contributed by atoms with Crippen molar-refractivity contribution in [1.29, 1.82) is 0 Å². The third-order valence-corrected chi connectivity index (χ3v) is 2.60. The van der Waals surface area contributed by atoms with Crippen molar-refractivity contribution < 1.29 is 0 Å². The maximum Gasteiger partial charge on any atom is 0.0358 e. The van der Waals surface area contributed by atoms with Gasteiger partial charge in [0.2, 0.25) is 0 Å². The molecule has 1 unspecified atom stereocenters. The van der Waals surface area contributed by atoms with E-state index in [2.05, 4.69) is 37.1 Å². The number of hydrogen-bond acceptors (Lipinski definition) is 2. The summed E-state index contributed by atoms with van der Waals surface area (Å²) < 4.78 is 0. The molecule has 1 atom stereocenters. The van der Waals surface area contributed by atoms with Crippen LogP contribution in [0.2, 0.25) is 0 Å². The number of aromatic nitrogens is 1. The molecule has 0 aliphatic heterocycles. The molecule has 1 aromatic rings. The topological polar surface area (TPSA) is 24.9 Å². The van der Waals surface area contributed by atoms with Gasteiger partial charge in [0.25, 0.3) is 0 Å². The Morgan fingerprint density at radius 2 is 2.20 bits per heavy atom. The van der Waals surface area contributed by atoms with Crippen molar-refractivity contribution in [3.8, 4) is 0 Å². The van der Waals surface area contributed by atoms with Crippen LogP contribution in [0, 0.1) is 5.92 Å². The Labute approximate surface area is 93.1 Å². The fourth-order valence-corrected chi connectivity index (χ4v) is 1.73. The summed E-state index contributed by atoms with van der Waals surface area (Å²) in [5.41, 5.74) is 1.30. The molecule has 84 valence electrons. The van der Waals surface area contributed by atoms with E-state index in [0.29, 0.717) is 12.0 Å². The summed E-state index contributed by atoms with van der Waals surface area (Å²) in [5.74, 6) is 0.603. The summed E-state index contributed by atoms with van der Waals surface area (Å²) in [7, 11) is 0. The zero-order valence-electron chi connectivity index (χ0n) is 10.0. The molecule has 0 spiro atoms. The van der Waals surface area contributed by atoms with Crippen LogP contribution in [0.4, 0.5) is 0 Å². The Kier molecular flexibility index (Phi) is 5.33. The lowest BCUT2D eigenvalue weighted by molar-refractivity contribution is 0.408. The fraction of sp³-hybridized carbons (Fsp3) is 0.615. The van der Waals surface area contributed by atoms with Gasteiger partial charge in [-0.1, -0.05) is 33.3 Å². The molecule has 0 amide bonds. The van der Waals surface area contributed by atoms with Crippen molar-refractivity contribution in [1.82, 2.24) is 10.3 Å². The van der Waals surface area contributed by atoms with Crippen molar-refractivity contribution in [2.45, 2.75) is 39.7 Å². The van der Waals surface area contributed by atoms with Crippen LogP contribution in [0.25, 0.3) is 0 Å². The lowest BCUT2D eigenvalue weighted by Gasteiger charge is -2.22. The van der Waals surface area contributed by atoms with Crippen LogP contribution in [0.5, 0.6) is 0 Å². The van der Waals surface area contributed by atoms with Crippen LogP contribution in [-0.4, -0.2) is 11.5 Å². The maximum atomic E-state index is 4.18. The van der Waals surface area contributed by atoms with Gasteiger partial charge in [-0.2, -0.15) is 0 Å². The Bertz CT molecular complexity index is 256. The highest BCUT2D eigenvalue weighted by molar-refractivity contribution is 5.14. The Hall–Kier alpha value is -0.890. The van der Waals surface area contributed by atoms with Crippen LogP contribution in [0.3, 0.4) is 0 Å². The van der Waals surface area contributed by atoms with Gasteiger partial charge < -0.3 is 5.32 Å². The van der Waals surface area contributed by atoms with Crippen molar-refractivity contribution in [2.75, 3.05) is 6.54 Å². The molecule has 0 bridgehead atoms. The molecule has 2 nitrogen and oxygen atoms in total. The molecule has 0 radical (unpaired) electrons. The minimum Gasteiger partial charge on any atom is -0.310 e. The highest BCUT2D eigenvalue weighted by Crippen LogP contribution is 2.20. The van der Waals surface area contributed by atoms with Crippen molar-refractivity contribution in [3.05, 3.63) is 30.1 Å². The summed E-state index contributed by atoms with van der Waals surface area (Å²) in [4.78, 5) is 4.18. The van der Waals surface area contributed by atoms with Crippen LogP contribution >= 0.6 is 0 Å². The van der Waals surface area contributed by atoms with E-state index in [4.69, 9.17) is 0 Å². The number of pyridine rings is 1. The Morgan fingerprint density at radius 3 is 2.73 bits per heavy atom. The number of nitrogens with one attached hydrogen (secondary N) is 1. The van der Waals surface area contributed by atoms with Gasteiger partial charge in [-0.05, 0) is 30.5 Å². The standard InChI is InChI=1S/C13H22N2/c1-4-5-9-15-13(11(2)3)12-7-6-8-14-10-12/h6-8,10-11,13,15H,4-5,9H2,1-3H3. The average Bonchev–Trinajstić information content (AvgIpc) is 2.25. The van der Waals surface area contributed by atoms with Gasteiger partial charge in [-0.3, -0.25) is 4.98 Å². The molecular weight excluding hydrogens is 184 g/mol. The number of unbranched alkanes of at least 4 members (excludes halogenated alkanes) is 1. The van der Waals surface area contributed by atoms with E-state index in [1.165, 1.54) is 18.4 Å². The zero-order chi connectivity index (χ0) is 11.1. The van der Waals surface area contributed by atoms with E-state index in [1.54, 1.807) is 0 Å². The highest BCUT2D eigenvalue weighted by Gasteiger charge is 2.14. The third kappa shape index (κ3) is 4.00. The molecule has 1 heterocycles. The number of hydrogen-bond donors (Lipinski definition) is 1. The largest absolute Gasteiger partial charge is 0.310 e. The first-order valence-corrected chi connectivity index (χ1v) is 5.89. The van der Waals surface area contributed by atoms with Gasteiger partial charge in [0.15, 0.2) is 0 Å². The first-order chi connectivity index (χ1) is 7.25. The van der Waals surface area contributed by atoms with Gasteiger partial charge in [-0.15, -0.1) is 0 Å². The van der Waals surface area contributed by atoms with Crippen molar-refractivity contribution >= 4 is 0 Å². The van der Waals surface area contributed by atoms with E-state index in [-0.39, 0.29) is 0 Å². The average molecular weight is 206 g/mol. The Balaban J connectivity index is 2.58. The van der Waals surface area contributed by atoms with Crippen LogP contribution < -0.4 is 5.32 Å². The zero-order valence-corrected chi connectivity index (χ0v) is 10.0. The quantitative estimate of drug-likeness (QED) is 0.723. The van der Waals surface area contributed by atoms with E-state index < -0.39 is 0 Å². The third-order valence-electron chi connectivity index (χ3n) is 2.60. The van der Waals surface area contributed by atoms with Crippen LogP contribution in [0.1, 0.15) is 45.2 Å². The normalized spacial score (nSPS) is 13.1. The molecule has 0 saturated heterocycles. The lowest BCUT2D eigenvalue weighted by Crippen LogP contribution is -2.26. The van der Waals surface area contributed by atoms with E-state index in [0.717, 1.165) is 6.54 Å². The van der Waals surface area contributed by atoms with Crippen molar-refractivity contribution in [2.24, 2.45) is 5.92 Å². The summed E-state index contributed by atoms with van der Waals surface area (Å²) in [6.45, 7) is 7.80. The molecule has 0 aliphatic carbocycles. The van der Waals surface area contributed by atoms with Crippen LogP contribution in [-0.2, 0) is 0 Å². The van der Waals surface area contributed by atoms with E-state index in [1.807, 2.05) is 18.5 Å². The molecule has 15 heavy (non-hydrogen) atoms. The molecule has 1 N–H and O–H groups in total. The smallest absolute Gasteiger partial charge is 0.0358 e. The predicted octanol–water partition coefficient (Wildman–Crippen LogP) is 3.17. The van der Waals surface area contributed by atoms with Gasteiger partial charge in [0.05, 0.1) is 0 Å². The van der Waals surface area contributed by atoms with Gasteiger partial charge in [0.1, 0.15) is 0 Å². The van der Waals surface area contributed by atoms with E-state index in [9.17, 15) is 0 Å². The van der Waals surface area contributed by atoms with E-state index >= 15 is 0 Å². The molecule has 1 rings (SSSR count). The van der Waals surface area contributed by atoms with Gasteiger partial charge in [-0.25, -0.2) is 0 Å². The summed E-state index contributed by atoms with van der Waals surface area (Å²) in [6, 6.07) is 4.59. The highest BCUT2D eigenvalue weighted by atomic mass is 14.9. The predicted molar refractivity (Wildman–Crippen MR) is 64.7 cm³/mol. The SMILES string of the molecule is CCCCNC(c1cccnc1)C(C)C. The lowest BCUT2D eigenvalue weighted by atomic mass is 9.97. The van der Waals surface area contributed by atoms with Gasteiger partial charge >= 0.3 is 0 Å². The van der Waals surface area contributed by atoms with Crippen LogP contribution in [0.15, 0.2) is 24.5 Å². The molecule has 0 aromatic carbocycles. The van der Waals surface area contributed by atoms with Gasteiger partial charge in [0, 0.05) is 18.4 Å².